The molecule has 0 saturated carbocycles. The van der Waals surface area contributed by atoms with E-state index in [9.17, 15) is 4.79 Å². The van der Waals surface area contributed by atoms with Gasteiger partial charge >= 0.3 is 5.97 Å². The van der Waals surface area contributed by atoms with Crippen molar-refractivity contribution in [1.82, 2.24) is 9.38 Å². The van der Waals surface area contributed by atoms with Crippen molar-refractivity contribution in [1.29, 1.82) is 0 Å². The molecule has 0 radical (unpaired) electrons. The number of ether oxygens (including phenoxy) is 1. The number of methoxy groups -OCH3 is 1. The predicted octanol–water partition coefficient (Wildman–Crippen LogP) is 1.80. The highest BCUT2D eigenvalue weighted by atomic mass is 79.9. The lowest BCUT2D eigenvalue weighted by Gasteiger charge is -2.04. The minimum Gasteiger partial charge on any atom is -0.482 e. The van der Waals surface area contributed by atoms with Crippen LogP contribution in [0.5, 0.6) is 5.88 Å². The van der Waals surface area contributed by atoms with E-state index in [0.29, 0.717) is 16.1 Å². The summed E-state index contributed by atoms with van der Waals surface area (Å²) in [7, 11) is 1.48. The zero-order valence-electron chi connectivity index (χ0n) is 7.77. The SMILES string of the molecule is COc1cccc2nc(Br)c(C(=O)O)n12. The molecule has 1 N–H and O–H groups in total. The number of hydrogen-bond donors (Lipinski definition) is 1. The lowest BCUT2D eigenvalue weighted by atomic mass is 10.4. The van der Waals surface area contributed by atoms with Crippen LogP contribution >= 0.6 is 15.9 Å². The number of fused-ring (bicyclic) bond motifs is 1. The quantitative estimate of drug-likeness (QED) is 0.904. The minimum atomic E-state index is -1.06. The van der Waals surface area contributed by atoms with Gasteiger partial charge in [0.2, 0.25) is 0 Å². The summed E-state index contributed by atoms with van der Waals surface area (Å²) in [5.41, 5.74) is 0.584. The van der Waals surface area contributed by atoms with E-state index in [4.69, 9.17) is 9.84 Å². The zero-order chi connectivity index (χ0) is 11.0. The van der Waals surface area contributed by atoms with Gasteiger partial charge in [-0.05, 0) is 28.1 Å². The Morgan fingerprint density at radius 1 is 1.60 bits per heavy atom. The molecule has 15 heavy (non-hydrogen) atoms. The summed E-state index contributed by atoms with van der Waals surface area (Å²) >= 11 is 3.11. The fourth-order valence-corrected chi connectivity index (χ4v) is 1.91. The predicted molar refractivity (Wildman–Crippen MR) is 56.4 cm³/mol. The molecule has 2 aromatic heterocycles. The molecule has 0 aliphatic rings. The molecule has 78 valence electrons. The van der Waals surface area contributed by atoms with Crippen LogP contribution in [0.25, 0.3) is 5.65 Å². The van der Waals surface area contributed by atoms with Crippen LogP contribution in [-0.2, 0) is 0 Å². The molecule has 0 amide bonds. The number of carboxylic acids is 1. The van der Waals surface area contributed by atoms with Crippen LogP contribution in [0.15, 0.2) is 22.8 Å². The Balaban J connectivity index is 2.88. The third kappa shape index (κ3) is 1.46. The summed E-state index contributed by atoms with van der Waals surface area (Å²) in [5.74, 6) is -0.623. The van der Waals surface area contributed by atoms with E-state index in [2.05, 4.69) is 20.9 Å². The van der Waals surface area contributed by atoms with Crippen LogP contribution in [0.4, 0.5) is 0 Å². The Bertz CT molecular complexity index is 535. The second-order valence-corrected chi connectivity index (χ2v) is 3.57. The Morgan fingerprint density at radius 3 is 2.93 bits per heavy atom. The van der Waals surface area contributed by atoms with Crippen molar-refractivity contribution >= 4 is 27.5 Å². The van der Waals surface area contributed by atoms with Crippen molar-refractivity contribution in [3.63, 3.8) is 0 Å². The van der Waals surface area contributed by atoms with Gasteiger partial charge in [0.05, 0.1) is 7.11 Å². The van der Waals surface area contributed by atoms with Crippen molar-refractivity contribution in [2.75, 3.05) is 7.11 Å². The van der Waals surface area contributed by atoms with E-state index >= 15 is 0 Å². The number of nitrogens with zero attached hydrogens (tertiary/aromatic N) is 2. The minimum absolute atomic E-state index is 0.0578. The van der Waals surface area contributed by atoms with Crippen molar-refractivity contribution < 1.29 is 14.6 Å². The summed E-state index contributed by atoms with van der Waals surface area (Å²) in [5, 5.41) is 9.03. The highest BCUT2D eigenvalue weighted by Crippen LogP contribution is 2.23. The Hall–Kier alpha value is -1.56. The summed E-state index contributed by atoms with van der Waals surface area (Å²) < 4.78 is 6.80. The fraction of sp³-hybridized carbons (Fsp3) is 0.111. The maximum Gasteiger partial charge on any atom is 0.355 e. The number of hydrogen-bond acceptors (Lipinski definition) is 3. The molecular formula is C9H7BrN2O3. The zero-order valence-corrected chi connectivity index (χ0v) is 9.35. The third-order valence-corrected chi connectivity index (χ3v) is 2.53. The smallest absolute Gasteiger partial charge is 0.355 e. The number of carboxylic acid groups (broad SMARTS) is 1. The van der Waals surface area contributed by atoms with Crippen LogP contribution in [0.2, 0.25) is 0 Å². The molecule has 2 rings (SSSR count). The molecule has 0 atom stereocenters. The molecular weight excluding hydrogens is 264 g/mol. The number of aromatic carboxylic acids is 1. The van der Waals surface area contributed by atoms with Crippen LogP contribution < -0.4 is 4.74 Å². The highest BCUT2D eigenvalue weighted by molar-refractivity contribution is 9.10. The van der Waals surface area contributed by atoms with Gasteiger partial charge in [-0.1, -0.05) is 6.07 Å². The largest absolute Gasteiger partial charge is 0.482 e. The van der Waals surface area contributed by atoms with Gasteiger partial charge in [-0.2, -0.15) is 0 Å². The van der Waals surface area contributed by atoms with Gasteiger partial charge < -0.3 is 9.84 Å². The van der Waals surface area contributed by atoms with Crippen molar-refractivity contribution in [3.05, 3.63) is 28.5 Å². The Morgan fingerprint density at radius 2 is 2.33 bits per heavy atom. The molecule has 0 unspecified atom stereocenters. The first-order valence-corrected chi connectivity index (χ1v) is 4.88. The van der Waals surface area contributed by atoms with Gasteiger partial charge in [0.25, 0.3) is 0 Å². The van der Waals surface area contributed by atoms with Crippen LogP contribution in [0, 0.1) is 0 Å². The van der Waals surface area contributed by atoms with Crippen LogP contribution in [0.1, 0.15) is 10.5 Å². The van der Waals surface area contributed by atoms with Gasteiger partial charge in [-0.3, -0.25) is 4.40 Å². The van der Waals surface area contributed by atoms with Gasteiger partial charge in [0.15, 0.2) is 11.6 Å². The van der Waals surface area contributed by atoms with Crippen LogP contribution in [-0.4, -0.2) is 27.6 Å². The molecule has 0 aliphatic heterocycles. The van der Waals surface area contributed by atoms with Gasteiger partial charge in [0.1, 0.15) is 10.3 Å². The third-order valence-electron chi connectivity index (χ3n) is 1.98. The molecule has 6 heteroatoms. The number of pyridine rings is 1. The normalized spacial score (nSPS) is 10.5. The fourth-order valence-electron chi connectivity index (χ4n) is 1.38. The first-order valence-electron chi connectivity index (χ1n) is 4.09. The lowest BCUT2D eigenvalue weighted by Crippen LogP contribution is -2.04. The first kappa shape index (κ1) is 9.97. The van der Waals surface area contributed by atoms with E-state index in [1.807, 2.05) is 0 Å². The summed E-state index contributed by atoms with van der Waals surface area (Å²) in [6.45, 7) is 0. The molecule has 5 nitrogen and oxygen atoms in total. The lowest BCUT2D eigenvalue weighted by molar-refractivity contribution is 0.0687. The Kier molecular flexibility index (Phi) is 2.36. The molecule has 0 fully saturated rings. The van der Waals surface area contributed by atoms with E-state index in [-0.39, 0.29) is 5.69 Å². The second kappa shape index (κ2) is 3.54. The maximum absolute atomic E-state index is 11.0. The van der Waals surface area contributed by atoms with Crippen molar-refractivity contribution in [2.45, 2.75) is 0 Å². The maximum atomic E-state index is 11.0. The number of halogens is 1. The molecule has 2 aromatic rings. The molecule has 0 saturated heterocycles. The van der Waals surface area contributed by atoms with E-state index in [1.54, 1.807) is 18.2 Å². The van der Waals surface area contributed by atoms with E-state index < -0.39 is 5.97 Å². The topological polar surface area (TPSA) is 63.8 Å². The second-order valence-electron chi connectivity index (χ2n) is 2.82. The molecule has 0 spiro atoms. The average molecular weight is 271 g/mol. The molecule has 0 aromatic carbocycles. The van der Waals surface area contributed by atoms with Crippen molar-refractivity contribution in [2.24, 2.45) is 0 Å². The first-order chi connectivity index (χ1) is 7.15. The average Bonchev–Trinajstić information content (AvgIpc) is 2.53. The van der Waals surface area contributed by atoms with E-state index in [0.717, 1.165) is 0 Å². The molecule has 0 aliphatic carbocycles. The number of carbonyl (C=O) groups is 1. The summed E-state index contributed by atoms with van der Waals surface area (Å²) in [6, 6.07) is 5.13. The van der Waals surface area contributed by atoms with Gasteiger partial charge in [0, 0.05) is 0 Å². The number of aromatic nitrogens is 2. The van der Waals surface area contributed by atoms with Crippen LogP contribution in [0.3, 0.4) is 0 Å². The highest BCUT2D eigenvalue weighted by Gasteiger charge is 2.18. The van der Waals surface area contributed by atoms with Gasteiger partial charge in [-0.25, -0.2) is 9.78 Å². The summed E-state index contributed by atoms with van der Waals surface area (Å²) in [6.07, 6.45) is 0. The number of rotatable bonds is 2. The Labute approximate surface area is 93.4 Å². The molecule has 0 bridgehead atoms. The van der Waals surface area contributed by atoms with Crippen molar-refractivity contribution in [3.8, 4) is 5.88 Å². The summed E-state index contributed by atoms with van der Waals surface area (Å²) in [4.78, 5) is 15.1. The monoisotopic (exact) mass is 270 g/mol. The van der Waals surface area contributed by atoms with E-state index in [1.165, 1.54) is 11.5 Å². The number of imidazole rings is 1. The molecule has 2 heterocycles. The standard InChI is InChI=1S/C9H7BrN2O3/c1-15-6-4-2-3-5-11-8(10)7(9(13)14)12(5)6/h2-4H,1H3,(H,13,14). The van der Waals surface area contributed by atoms with Gasteiger partial charge in [-0.15, -0.1) is 0 Å².